The van der Waals surface area contributed by atoms with Crippen LogP contribution >= 0.6 is 11.6 Å². The summed E-state index contributed by atoms with van der Waals surface area (Å²) in [6.45, 7) is 9.64. The van der Waals surface area contributed by atoms with Crippen LogP contribution in [-0.4, -0.2) is 60.0 Å². The first-order valence-corrected chi connectivity index (χ1v) is 12.8. The molecule has 6 nitrogen and oxygen atoms in total. The molecule has 196 valence electrons. The number of unbranched alkanes of at least 4 members (excludes halogenated alkanes) is 1. The fourth-order valence-corrected chi connectivity index (χ4v) is 4.98. The summed E-state index contributed by atoms with van der Waals surface area (Å²) in [6, 6.07) is 6.83. The van der Waals surface area contributed by atoms with Gasteiger partial charge < -0.3 is 9.80 Å². The predicted octanol–water partition coefficient (Wildman–Crippen LogP) is 5.33. The number of rotatable bonds is 6. The Labute approximate surface area is 215 Å². The topological polar surface area (TPSA) is 52.6 Å². The van der Waals surface area contributed by atoms with E-state index in [0.29, 0.717) is 36.9 Å². The maximum atomic E-state index is 13.5. The molecule has 0 bridgehead atoms. The van der Waals surface area contributed by atoms with E-state index in [4.69, 9.17) is 11.6 Å². The zero-order chi connectivity index (χ0) is 26.1. The summed E-state index contributed by atoms with van der Waals surface area (Å²) < 4.78 is 40.4. The quantitative estimate of drug-likeness (QED) is 0.479. The highest BCUT2D eigenvalue weighted by Crippen LogP contribution is 2.35. The number of nitrogens with zero attached hydrogens (tertiary/aromatic N) is 5. The van der Waals surface area contributed by atoms with Crippen LogP contribution < -0.4 is 9.80 Å². The molecule has 10 heteroatoms. The summed E-state index contributed by atoms with van der Waals surface area (Å²) >= 11 is 6.39. The predicted molar refractivity (Wildman–Crippen MR) is 136 cm³/mol. The van der Waals surface area contributed by atoms with Crippen molar-refractivity contribution in [2.75, 3.05) is 49.1 Å². The van der Waals surface area contributed by atoms with Gasteiger partial charge in [0.1, 0.15) is 17.3 Å². The van der Waals surface area contributed by atoms with Gasteiger partial charge in [-0.1, -0.05) is 44.5 Å². The summed E-state index contributed by atoms with van der Waals surface area (Å²) in [5, 5.41) is 0.615. The van der Waals surface area contributed by atoms with Crippen LogP contribution in [0, 0.1) is 0 Å². The average Bonchev–Trinajstić information content (AvgIpc) is 2.82. The van der Waals surface area contributed by atoms with Crippen LogP contribution in [0.1, 0.15) is 57.1 Å². The van der Waals surface area contributed by atoms with Crippen molar-refractivity contribution >= 4 is 29.0 Å². The minimum atomic E-state index is -4.51. The Morgan fingerprint density at radius 3 is 2.33 bits per heavy atom. The number of benzene rings is 1. The molecule has 36 heavy (non-hydrogen) atoms. The number of alkyl halides is 3. The third kappa shape index (κ3) is 6.11. The molecule has 0 saturated carbocycles. The lowest BCUT2D eigenvalue weighted by Crippen LogP contribution is -2.47. The smallest absolute Gasteiger partial charge is 0.354 e. The van der Waals surface area contributed by atoms with Crippen molar-refractivity contribution < 1.29 is 18.0 Å². The fourth-order valence-electron chi connectivity index (χ4n) is 4.68. The number of carbonyl (C=O) groups excluding carboxylic acids is 1. The fraction of sp³-hybridized carbons (Fsp3) is 0.577. The van der Waals surface area contributed by atoms with Crippen LogP contribution in [0.15, 0.2) is 24.3 Å². The van der Waals surface area contributed by atoms with E-state index in [1.54, 1.807) is 0 Å². The van der Waals surface area contributed by atoms with Crippen LogP contribution in [0.3, 0.4) is 0 Å². The second kappa shape index (κ2) is 10.5. The van der Waals surface area contributed by atoms with Gasteiger partial charge in [-0.2, -0.15) is 13.2 Å². The Morgan fingerprint density at radius 2 is 1.67 bits per heavy atom. The second-order valence-corrected chi connectivity index (χ2v) is 10.9. The Morgan fingerprint density at radius 1 is 0.972 bits per heavy atom. The molecule has 1 aromatic heterocycles. The first-order valence-electron chi connectivity index (χ1n) is 12.5. The van der Waals surface area contributed by atoms with Crippen molar-refractivity contribution in [2.45, 2.75) is 58.0 Å². The van der Waals surface area contributed by atoms with Gasteiger partial charge in [-0.3, -0.25) is 9.69 Å². The van der Waals surface area contributed by atoms with Crippen LogP contribution in [0.4, 0.5) is 24.7 Å². The highest BCUT2D eigenvalue weighted by molar-refractivity contribution is 6.34. The van der Waals surface area contributed by atoms with E-state index in [0.717, 1.165) is 56.2 Å². The largest absolute Gasteiger partial charge is 0.433 e. The summed E-state index contributed by atoms with van der Waals surface area (Å²) in [5.41, 5.74) is 0.486. The normalized spacial score (nSPS) is 17.5. The van der Waals surface area contributed by atoms with Crippen molar-refractivity contribution in [3.63, 3.8) is 0 Å². The highest BCUT2D eigenvalue weighted by Gasteiger charge is 2.36. The maximum Gasteiger partial charge on any atom is 0.433 e. The van der Waals surface area contributed by atoms with E-state index < -0.39 is 17.3 Å². The molecule has 0 N–H and O–H groups in total. The van der Waals surface area contributed by atoms with Gasteiger partial charge in [0.05, 0.1) is 10.7 Å². The molecule has 4 rings (SSSR count). The van der Waals surface area contributed by atoms with Gasteiger partial charge in [-0.25, -0.2) is 9.97 Å². The minimum Gasteiger partial charge on any atom is -0.354 e. The summed E-state index contributed by atoms with van der Waals surface area (Å²) in [4.78, 5) is 26.8. The van der Waals surface area contributed by atoms with Gasteiger partial charge in [0, 0.05) is 50.6 Å². The van der Waals surface area contributed by atoms with Crippen molar-refractivity contribution in [1.82, 2.24) is 14.9 Å². The van der Waals surface area contributed by atoms with Gasteiger partial charge in [0.2, 0.25) is 5.91 Å². The molecule has 0 radical (unpaired) electrons. The van der Waals surface area contributed by atoms with E-state index in [1.165, 1.54) is 0 Å². The standard InChI is InChI=1S/C26H33ClF3N5O/c1-25(2,3)24-31-20(26(28,29)30)17-21(32-24)34-15-13-33(14-16-34)11-4-5-12-35-22(36)10-9-18-7-6-8-19(27)23(18)35/h6-8,17H,4-5,9-16H2,1-3H3. The molecule has 0 spiro atoms. The molecule has 3 heterocycles. The van der Waals surface area contributed by atoms with Gasteiger partial charge in [0.25, 0.3) is 0 Å². The third-order valence-corrected chi connectivity index (χ3v) is 7.03. The number of piperazine rings is 1. The van der Waals surface area contributed by atoms with E-state index in [1.807, 2.05) is 48.8 Å². The molecular weight excluding hydrogens is 491 g/mol. The molecule has 2 aromatic rings. The molecule has 0 atom stereocenters. The first-order chi connectivity index (χ1) is 16.9. The summed E-state index contributed by atoms with van der Waals surface area (Å²) in [5.74, 6) is 0.645. The molecule has 2 aliphatic heterocycles. The number of hydrogen-bond acceptors (Lipinski definition) is 5. The van der Waals surface area contributed by atoms with Crippen molar-refractivity contribution in [3.8, 4) is 0 Å². The Bertz CT molecular complexity index is 1060. The number of para-hydroxylation sites is 1. The number of aromatic nitrogens is 2. The van der Waals surface area contributed by atoms with E-state index in [9.17, 15) is 18.0 Å². The Balaban J connectivity index is 1.31. The van der Waals surface area contributed by atoms with Crippen LogP contribution in [0.25, 0.3) is 0 Å². The minimum absolute atomic E-state index is 0.113. The third-order valence-electron chi connectivity index (χ3n) is 6.73. The Kier molecular flexibility index (Phi) is 7.80. The number of anilines is 2. The average molecular weight is 524 g/mol. The summed E-state index contributed by atoms with van der Waals surface area (Å²) in [6.07, 6.45) is -1.51. The van der Waals surface area contributed by atoms with Crippen LogP contribution in [0.5, 0.6) is 0 Å². The molecule has 1 aromatic carbocycles. The molecular formula is C26H33ClF3N5O. The van der Waals surface area contributed by atoms with Gasteiger partial charge in [-0.15, -0.1) is 0 Å². The highest BCUT2D eigenvalue weighted by atomic mass is 35.5. The monoisotopic (exact) mass is 523 g/mol. The molecule has 1 fully saturated rings. The Hall–Kier alpha value is -2.39. The van der Waals surface area contributed by atoms with Crippen molar-refractivity contribution in [2.24, 2.45) is 0 Å². The number of amides is 1. The SMILES string of the molecule is CC(C)(C)c1nc(N2CCN(CCCCN3C(=O)CCc4cccc(Cl)c43)CC2)cc(C(F)(F)F)n1. The number of aryl methyl sites for hydroxylation is 1. The van der Waals surface area contributed by atoms with Crippen LogP contribution in [-0.2, 0) is 22.8 Å². The zero-order valence-electron chi connectivity index (χ0n) is 21.0. The van der Waals surface area contributed by atoms with Gasteiger partial charge in [0.15, 0.2) is 0 Å². The van der Waals surface area contributed by atoms with E-state index >= 15 is 0 Å². The van der Waals surface area contributed by atoms with E-state index in [-0.39, 0.29) is 11.7 Å². The van der Waals surface area contributed by atoms with E-state index in [2.05, 4.69) is 14.9 Å². The summed E-state index contributed by atoms with van der Waals surface area (Å²) in [7, 11) is 0. The lowest BCUT2D eigenvalue weighted by molar-refractivity contribution is -0.141. The number of halogens is 4. The van der Waals surface area contributed by atoms with Crippen molar-refractivity contribution in [3.05, 3.63) is 46.4 Å². The second-order valence-electron chi connectivity index (χ2n) is 10.5. The molecule has 0 unspecified atom stereocenters. The van der Waals surface area contributed by atoms with Crippen molar-refractivity contribution in [1.29, 1.82) is 0 Å². The number of fused-ring (bicyclic) bond motifs is 1. The molecule has 1 saturated heterocycles. The first kappa shape index (κ1) is 26.7. The zero-order valence-corrected chi connectivity index (χ0v) is 21.8. The number of hydrogen-bond donors (Lipinski definition) is 0. The lowest BCUT2D eigenvalue weighted by Gasteiger charge is -2.36. The maximum absolute atomic E-state index is 13.5. The van der Waals surface area contributed by atoms with Crippen LogP contribution in [0.2, 0.25) is 5.02 Å². The lowest BCUT2D eigenvalue weighted by atomic mass is 9.95. The molecule has 1 amide bonds. The molecule has 0 aliphatic carbocycles. The van der Waals surface area contributed by atoms with Gasteiger partial charge in [-0.05, 0) is 37.4 Å². The molecule has 2 aliphatic rings. The number of carbonyl (C=O) groups is 1. The van der Waals surface area contributed by atoms with Gasteiger partial charge >= 0.3 is 6.18 Å².